The number of hydrogen-bond donors (Lipinski definition) is 1. The quantitative estimate of drug-likeness (QED) is 0.529. The molecule has 3 heterocycles. The van der Waals surface area contributed by atoms with Gasteiger partial charge < -0.3 is 5.11 Å². The number of phenols is 1. The van der Waals surface area contributed by atoms with E-state index >= 15 is 0 Å². The van der Waals surface area contributed by atoms with Crippen LogP contribution in [0.1, 0.15) is 5.69 Å². The van der Waals surface area contributed by atoms with Crippen LogP contribution in [-0.4, -0.2) is 39.7 Å². The molecule has 8 heteroatoms. The van der Waals surface area contributed by atoms with Crippen molar-refractivity contribution < 1.29 is 5.11 Å². The van der Waals surface area contributed by atoms with E-state index in [0.717, 1.165) is 11.4 Å². The van der Waals surface area contributed by atoms with Gasteiger partial charge in [-0.25, -0.2) is 9.08 Å². The lowest BCUT2D eigenvalue weighted by molar-refractivity contribution is 0.477. The summed E-state index contributed by atoms with van der Waals surface area (Å²) in [5.74, 6) is 0.942. The fourth-order valence-electron chi connectivity index (χ4n) is 3.04. The van der Waals surface area contributed by atoms with Crippen molar-refractivity contribution >= 4 is 16.9 Å². The second-order valence-electron chi connectivity index (χ2n) is 5.88. The maximum atomic E-state index is 10.3. The third-order valence-electron chi connectivity index (χ3n) is 4.25. The fraction of sp³-hybridized carbons (Fsp3) is 0.0556. The maximum Gasteiger partial charge on any atom is 0.276 e. The van der Waals surface area contributed by atoms with Crippen molar-refractivity contribution in [2.75, 3.05) is 0 Å². The number of para-hydroxylation sites is 2. The lowest BCUT2D eigenvalue weighted by Gasteiger charge is -2.07. The van der Waals surface area contributed by atoms with E-state index in [2.05, 4.69) is 25.5 Å². The van der Waals surface area contributed by atoms with Crippen molar-refractivity contribution in [1.82, 2.24) is 34.6 Å². The van der Waals surface area contributed by atoms with E-state index < -0.39 is 0 Å². The number of rotatable bonds is 2. The third kappa shape index (κ3) is 1.99. The van der Waals surface area contributed by atoms with Gasteiger partial charge in [0.15, 0.2) is 17.0 Å². The van der Waals surface area contributed by atoms with Crippen LogP contribution in [0, 0.1) is 6.92 Å². The molecule has 0 aliphatic carbocycles. The Morgan fingerprint density at radius 1 is 0.846 bits per heavy atom. The Hall–Kier alpha value is -3.81. The first-order chi connectivity index (χ1) is 12.7. The number of aromatic nitrogens is 7. The van der Waals surface area contributed by atoms with Gasteiger partial charge in [0.25, 0.3) is 5.78 Å². The molecule has 0 atom stereocenters. The van der Waals surface area contributed by atoms with E-state index in [9.17, 15) is 5.11 Å². The highest BCUT2D eigenvalue weighted by Crippen LogP contribution is 2.30. The molecule has 0 bridgehead atoms. The van der Waals surface area contributed by atoms with Gasteiger partial charge >= 0.3 is 0 Å². The van der Waals surface area contributed by atoms with Gasteiger partial charge in [0, 0.05) is 0 Å². The van der Waals surface area contributed by atoms with E-state index in [-0.39, 0.29) is 5.75 Å². The number of nitrogens with zero attached hydrogens (tertiary/aromatic N) is 7. The zero-order valence-corrected chi connectivity index (χ0v) is 13.8. The first kappa shape index (κ1) is 14.5. The average molecular weight is 343 g/mol. The van der Waals surface area contributed by atoms with Crippen LogP contribution in [0.5, 0.6) is 5.75 Å². The molecule has 0 aliphatic heterocycles. The lowest BCUT2D eigenvalue weighted by Crippen LogP contribution is -2.03. The number of fused-ring (bicyclic) bond motifs is 3. The second-order valence-corrected chi connectivity index (χ2v) is 5.88. The molecule has 0 radical (unpaired) electrons. The highest BCUT2D eigenvalue weighted by molar-refractivity contribution is 5.80. The monoisotopic (exact) mass is 343 g/mol. The van der Waals surface area contributed by atoms with Crippen molar-refractivity contribution in [2.45, 2.75) is 6.92 Å². The molecule has 0 amide bonds. The van der Waals surface area contributed by atoms with Crippen LogP contribution < -0.4 is 0 Å². The van der Waals surface area contributed by atoms with E-state index in [1.54, 1.807) is 27.3 Å². The summed E-state index contributed by atoms with van der Waals surface area (Å²) in [6.45, 7) is 1.88. The summed E-state index contributed by atoms with van der Waals surface area (Å²) in [5.41, 5.74) is 3.54. The molecule has 2 aromatic carbocycles. The Morgan fingerprint density at radius 3 is 2.38 bits per heavy atom. The van der Waals surface area contributed by atoms with Crippen molar-refractivity contribution in [3.05, 3.63) is 60.3 Å². The summed E-state index contributed by atoms with van der Waals surface area (Å²) in [6, 6.07) is 16.8. The fourth-order valence-corrected chi connectivity index (χ4v) is 3.04. The molecule has 0 unspecified atom stereocenters. The van der Waals surface area contributed by atoms with E-state index in [1.165, 1.54) is 0 Å². The smallest absolute Gasteiger partial charge is 0.276 e. The zero-order chi connectivity index (χ0) is 17.7. The lowest BCUT2D eigenvalue weighted by atomic mass is 10.2. The van der Waals surface area contributed by atoms with Crippen molar-refractivity contribution in [3.63, 3.8) is 0 Å². The minimum absolute atomic E-state index is 0.120. The summed E-state index contributed by atoms with van der Waals surface area (Å²) in [5, 5.41) is 31.7. The largest absolute Gasteiger partial charge is 0.507 e. The van der Waals surface area contributed by atoms with Gasteiger partial charge in [-0.1, -0.05) is 30.3 Å². The predicted octanol–water partition coefficient (Wildman–Crippen LogP) is 2.54. The maximum absolute atomic E-state index is 10.3. The van der Waals surface area contributed by atoms with Crippen molar-refractivity contribution in [2.24, 2.45) is 0 Å². The van der Waals surface area contributed by atoms with Gasteiger partial charge in [0.2, 0.25) is 0 Å². The highest BCUT2D eigenvalue weighted by atomic mass is 16.3. The van der Waals surface area contributed by atoms with Crippen LogP contribution in [0.15, 0.2) is 54.6 Å². The van der Waals surface area contributed by atoms with Gasteiger partial charge in [-0.3, -0.25) is 0 Å². The zero-order valence-electron chi connectivity index (χ0n) is 13.8. The van der Waals surface area contributed by atoms with Crippen molar-refractivity contribution in [3.8, 4) is 22.8 Å². The number of aryl methyl sites for hydroxylation is 1. The van der Waals surface area contributed by atoms with Gasteiger partial charge in [0.05, 0.1) is 16.9 Å². The van der Waals surface area contributed by atoms with Crippen LogP contribution in [0.4, 0.5) is 0 Å². The van der Waals surface area contributed by atoms with Gasteiger partial charge in [0.1, 0.15) is 5.75 Å². The summed E-state index contributed by atoms with van der Waals surface area (Å²) >= 11 is 0. The molecule has 0 saturated heterocycles. The van der Waals surface area contributed by atoms with Crippen molar-refractivity contribution in [1.29, 1.82) is 0 Å². The Kier molecular flexibility index (Phi) is 2.99. The summed E-state index contributed by atoms with van der Waals surface area (Å²) < 4.78 is 3.56. The van der Waals surface area contributed by atoms with Gasteiger partial charge in [-0.05, 0) is 31.2 Å². The topological polar surface area (TPSA) is 94.0 Å². The molecule has 1 N–H and O–H groups in total. The van der Waals surface area contributed by atoms with Crippen LogP contribution >= 0.6 is 0 Å². The number of benzene rings is 2. The Morgan fingerprint density at radius 2 is 1.58 bits per heavy atom. The normalized spacial score (nSPS) is 11.4. The van der Waals surface area contributed by atoms with Crippen LogP contribution in [0.25, 0.3) is 34.0 Å². The minimum Gasteiger partial charge on any atom is -0.507 e. The molecule has 26 heavy (non-hydrogen) atoms. The van der Waals surface area contributed by atoms with Gasteiger partial charge in [-0.15, -0.1) is 20.4 Å². The number of phenolic OH excluding ortho intramolecular Hbond substituents is 1. The summed E-state index contributed by atoms with van der Waals surface area (Å²) in [7, 11) is 0. The first-order valence-electron chi connectivity index (χ1n) is 8.05. The van der Waals surface area contributed by atoms with Crippen LogP contribution in [0.3, 0.4) is 0 Å². The van der Waals surface area contributed by atoms with E-state index in [1.807, 2.05) is 43.3 Å². The summed E-state index contributed by atoms with van der Waals surface area (Å²) in [4.78, 5) is 0. The molecule has 0 spiro atoms. The van der Waals surface area contributed by atoms with Crippen LogP contribution in [0.2, 0.25) is 0 Å². The molecule has 126 valence electrons. The predicted molar refractivity (Wildman–Crippen MR) is 95.0 cm³/mol. The standard InChI is InChI=1S/C18H13N7O/c1-11-15-17(25(23-11)12-7-3-2-4-8-12)24-16(20-22-18(24)21-19-15)13-9-5-6-10-14(13)26/h2-10,26H,1H3. The Bertz CT molecular complexity index is 1260. The van der Waals surface area contributed by atoms with E-state index in [0.29, 0.717) is 28.3 Å². The molecular weight excluding hydrogens is 330 g/mol. The third-order valence-corrected chi connectivity index (χ3v) is 4.25. The molecule has 5 aromatic rings. The Balaban J connectivity index is 1.94. The van der Waals surface area contributed by atoms with Gasteiger partial charge in [-0.2, -0.15) is 5.10 Å². The average Bonchev–Trinajstić information content (AvgIpc) is 3.24. The molecule has 3 aromatic heterocycles. The Labute approximate surface area is 147 Å². The van der Waals surface area contributed by atoms with Crippen LogP contribution in [-0.2, 0) is 0 Å². The SMILES string of the molecule is Cc1nn(-c2ccccc2)c2c1nnc1nnc(-c3ccccc3O)n12. The number of aromatic hydroxyl groups is 1. The highest BCUT2D eigenvalue weighted by Gasteiger charge is 2.20. The molecule has 5 rings (SSSR count). The minimum atomic E-state index is 0.120. The molecular formula is C18H13N7O. The molecule has 8 nitrogen and oxygen atoms in total. The second kappa shape index (κ2) is 5.35. The molecule has 0 fully saturated rings. The summed E-state index contributed by atoms with van der Waals surface area (Å²) in [6.07, 6.45) is 0. The first-order valence-corrected chi connectivity index (χ1v) is 8.05. The number of hydrogen-bond acceptors (Lipinski definition) is 6. The molecule has 0 saturated carbocycles. The molecule has 0 aliphatic rings. The van der Waals surface area contributed by atoms with E-state index in [4.69, 9.17) is 0 Å².